The molecule has 0 aromatic rings. The Hall–Kier alpha value is -0.290. The molecule has 0 radical (unpaired) electrons. The molecule has 0 bridgehead atoms. The monoisotopic (exact) mass is 267 g/mol. The topological polar surface area (TPSA) is 35.2 Å². The standard InChI is InChI=1S/C13H24F3NO/c1-9(2)10-3-4-12(17)11(7-10)5-6-18-8-13(14,15)16/h9-12H,3-8,17H2,1-2H3. The van der Waals surface area contributed by atoms with E-state index in [0.717, 1.165) is 19.3 Å². The maximum absolute atomic E-state index is 11.9. The first-order valence-corrected chi connectivity index (χ1v) is 6.69. The molecular weight excluding hydrogens is 243 g/mol. The van der Waals surface area contributed by atoms with Crippen LogP contribution in [-0.4, -0.2) is 25.4 Å². The van der Waals surface area contributed by atoms with Crippen LogP contribution in [0.25, 0.3) is 0 Å². The van der Waals surface area contributed by atoms with Crippen LogP contribution >= 0.6 is 0 Å². The molecule has 0 aromatic heterocycles. The maximum Gasteiger partial charge on any atom is 0.411 e. The number of hydrogen-bond donors (Lipinski definition) is 1. The molecule has 2 nitrogen and oxygen atoms in total. The predicted molar refractivity (Wildman–Crippen MR) is 65.1 cm³/mol. The van der Waals surface area contributed by atoms with E-state index >= 15 is 0 Å². The molecule has 0 amide bonds. The van der Waals surface area contributed by atoms with Gasteiger partial charge in [-0.3, -0.25) is 0 Å². The summed E-state index contributed by atoms with van der Waals surface area (Å²) in [5.74, 6) is 1.58. The van der Waals surface area contributed by atoms with Gasteiger partial charge in [-0.05, 0) is 43.4 Å². The largest absolute Gasteiger partial charge is 0.411 e. The van der Waals surface area contributed by atoms with Gasteiger partial charge in [-0.2, -0.15) is 13.2 Å². The molecular formula is C13H24F3NO. The number of hydrogen-bond acceptors (Lipinski definition) is 2. The van der Waals surface area contributed by atoms with Gasteiger partial charge in [0.2, 0.25) is 0 Å². The van der Waals surface area contributed by atoms with E-state index in [1.807, 2.05) is 0 Å². The molecule has 1 saturated carbocycles. The van der Waals surface area contributed by atoms with E-state index in [-0.39, 0.29) is 12.6 Å². The van der Waals surface area contributed by atoms with Gasteiger partial charge in [0.15, 0.2) is 0 Å². The Morgan fingerprint density at radius 1 is 1.28 bits per heavy atom. The van der Waals surface area contributed by atoms with Gasteiger partial charge in [0.25, 0.3) is 0 Å². The molecule has 108 valence electrons. The lowest BCUT2D eigenvalue weighted by atomic mass is 9.73. The molecule has 3 unspecified atom stereocenters. The van der Waals surface area contributed by atoms with Crippen LogP contribution in [0.4, 0.5) is 13.2 Å². The third-order valence-corrected chi connectivity index (χ3v) is 3.92. The highest BCUT2D eigenvalue weighted by Crippen LogP contribution is 2.34. The normalized spacial score (nSPS) is 29.8. The molecule has 1 fully saturated rings. The Morgan fingerprint density at radius 3 is 2.50 bits per heavy atom. The summed E-state index contributed by atoms with van der Waals surface area (Å²) in [4.78, 5) is 0. The lowest BCUT2D eigenvalue weighted by molar-refractivity contribution is -0.174. The van der Waals surface area contributed by atoms with Crippen molar-refractivity contribution < 1.29 is 17.9 Å². The average molecular weight is 267 g/mol. The van der Waals surface area contributed by atoms with Gasteiger partial charge >= 0.3 is 6.18 Å². The van der Waals surface area contributed by atoms with Crippen LogP contribution in [0.3, 0.4) is 0 Å². The third kappa shape index (κ3) is 5.57. The number of nitrogens with two attached hydrogens (primary N) is 1. The highest BCUT2D eigenvalue weighted by atomic mass is 19.4. The van der Waals surface area contributed by atoms with Crippen molar-refractivity contribution in [3.63, 3.8) is 0 Å². The van der Waals surface area contributed by atoms with Crippen LogP contribution in [0.5, 0.6) is 0 Å². The second-order valence-electron chi connectivity index (χ2n) is 5.70. The van der Waals surface area contributed by atoms with E-state index in [1.165, 1.54) is 0 Å². The minimum Gasteiger partial charge on any atom is -0.372 e. The van der Waals surface area contributed by atoms with Crippen molar-refractivity contribution >= 4 is 0 Å². The van der Waals surface area contributed by atoms with Gasteiger partial charge in [0.05, 0.1) is 0 Å². The molecule has 1 rings (SSSR count). The quantitative estimate of drug-likeness (QED) is 0.775. The van der Waals surface area contributed by atoms with Gasteiger partial charge in [-0.1, -0.05) is 13.8 Å². The van der Waals surface area contributed by atoms with E-state index in [1.54, 1.807) is 0 Å². The first kappa shape index (κ1) is 15.8. The lowest BCUT2D eigenvalue weighted by Crippen LogP contribution is -2.38. The summed E-state index contributed by atoms with van der Waals surface area (Å²) in [7, 11) is 0. The summed E-state index contributed by atoms with van der Waals surface area (Å²) >= 11 is 0. The van der Waals surface area contributed by atoms with Gasteiger partial charge in [0, 0.05) is 12.6 Å². The van der Waals surface area contributed by atoms with Gasteiger partial charge in [-0.25, -0.2) is 0 Å². The summed E-state index contributed by atoms with van der Waals surface area (Å²) in [6.07, 6.45) is -0.449. The van der Waals surface area contributed by atoms with E-state index in [9.17, 15) is 13.2 Å². The van der Waals surface area contributed by atoms with Crippen molar-refractivity contribution in [3.05, 3.63) is 0 Å². The van der Waals surface area contributed by atoms with Gasteiger partial charge < -0.3 is 10.5 Å². The van der Waals surface area contributed by atoms with Crippen LogP contribution in [0.2, 0.25) is 0 Å². The predicted octanol–water partition coefficient (Wildman–Crippen LogP) is 3.36. The highest BCUT2D eigenvalue weighted by Gasteiger charge is 2.30. The molecule has 1 aliphatic carbocycles. The molecule has 5 heteroatoms. The Kier molecular flexibility index (Phi) is 5.92. The minimum atomic E-state index is -4.23. The minimum absolute atomic E-state index is 0.120. The van der Waals surface area contributed by atoms with Crippen LogP contribution in [0, 0.1) is 17.8 Å². The molecule has 0 aromatic carbocycles. The summed E-state index contributed by atoms with van der Waals surface area (Å²) in [6, 6.07) is 0.120. The maximum atomic E-state index is 11.9. The van der Waals surface area contributed by atoms with Crippen LogP contribution in [0.1, 0.15) is 39.5 Å². The van der Waals surface area contributed by atoms with E-state index in [0.29, 0.717) is 24.2 Å². The first-order valence-electron chi connectivity index (χ1n) is 6.69. The van der Waals surface area contributed by atoms with E-state index in [4.69, 9.17) is 5.73 Å². The van der Waals surface area contributed by atoms with Crippen LogP contribution in [0.15, 0.2) is 0 Å². The molecule has 3 atom stereocenters. The van der Waals surface area contributed by atoms with Crippen molar-refractivity contribution in [1.29, 1.82) is 0 Å². The zero-order valence-corrected chi connectivity index (χ0v) is 11.2. The summed E-state index contributed by atoms with van der Waals surface area (Å²) in [5, 5.41) is 0. The summed E-state index contributed by atoms with van der Waals surface area (Å²) in [6.45, 7) is 3.39. The second kappa shape index (κ2) is 6.75. The van der Waals surface area contributed by atoms with Crippen molar-refractivity contribution in [2.24, 2.45) is 23.5 Å². The van der Waals surface area contributed by atoms with Crippen molar-refractivity contribution in [3.8, 4) is 0 Å². The number of rotatable bonds is 5. The third-order valence-electron chi connectivity index (χ3n) is 3.92. The van der Waals surface area contributed by atoms with Crippen molar-refractivity contribution in [2.75, 3.05) is 13.2 Å². The second-order valence-corrected chi connectivity index (χ2v) is 5.70. The highest BCUT2D eigenvalue weighted by molar-refractivity contribution is 4.83. The lowest BCUT2D eigenvalue weighted by Gasteiger charge is -2.36. The molecule has 0 saturated heterocycles. The van der Waals surface area contributed by atoms with Crippen LogP contribution < -0.4 is 5.73 Å². The van der Waals surface area contributed by atoms with Crippen molar-refractivity contribution in [2.45, 2.75) is 51.7 Å². The smallest absolute Gasteiger partial charge is 0.372 e. The number of halogens is 3. The Labute approximate surface area is 107 Å². The molecule has 18 heavy (non-hydrogen) atoms. The zero-order valence-electron chi connectivity index (χ0n) is 11.2. The Balaban J connectivity index is 2.27. The fraction of sp³-hybridized carbons (Fsp3) is 1.00. The van der Waals surface area contributed by atoms with E-state index < -0.39 is 12.8 Å². The van der Waals surface area contributed by atoms with Gasteiger partial charge in [0.1, 0.15) is 6.61 Å². The van der Waals surface area contributed by atoms with Gasteiger partial charge in [-0.15, -0.1) is 0 Å². The fourth-order valence-corrected chi connectivity index (χ4v) is 2.68. The number of ether oxygens (including phenoxy) is 1. The zero-order chi connectivity index (χ0) is 13.8. The average Bonchev–Trinajstić information content (AvgIpc) is 2.24. The first-order chi connectivity index (χ1) is 8.29. The Morgan fingerprint density at radius 2 is 1.94 bits per heavy atom. The summed E-state index contributed by atoms with van der Waals surface area (Å²) in [5.41, 5.74) is 6.03. The molecule has 2 N–H and O–H groups in total. The molecule has 0 aliphatic heterocycles. The molecule has 1 aliphatic rings. The number of alkyl halides is 3. The molecule has 0 spiro atoms. The van der Waals surface area contributed by atoms with Crippen molar-refractivity contribution in [1.82, 2.24) is 0 Å². The summed E-state index contributed by atoms with van der Waals surface area (Å²) < 4.78 is 40.4. The Bertz CT molecular complexity index is 243. The molecule has 0 heterocycles. The SMILES string of the molecule is CC(C)C1CCC(N)C(CCOCC(F)(F)F)C1. The van der Waals surface area contributed by atoms with E-state index in [2.05, 4.69) is 18.6 Å². The van der Waals surface area contributed by atoms with Crippen LogP contribution in [-0.2, 0) is 4.74 Å². The fourth-order valence-electron chi connectivity index (χ4n) is 2.68.